The molecule has 0 saturated carbocycles. The van der Waals surface area contributed by atoms with E-state index < -0.39 is 0 Å². The number of unbranched alkanes of at least 4 members (excludes halogenated alkanes) is 1. The minimum atomic E-state index is -0.142. The van der Waals surface area contributed by atoms with E-state index in [0.29, 0.717) is 10.9 Å². The second-order valence-electron chi connectivity index (χ2n) is 3.35. The summed E-state index contributed by atoms with van der Waals surface area (Å²) in [6.45, 7) is 1.99. The predicted octanol–water partition coefficient (Wildman–Crippen LogP) is 3.23. The van der Waals surface area contributed by atoms with Gasteiger partial charge in [0.1, 0.15) is 11.5 Å². The Hall–Kier alpha value is -1.03. The van der Waals surface area contributed by atoms with Gasteiger partial charge in [-0.2, -0.15) is 0 Å². The summed E-state index contributed by atoms with van der Waals surface area (Å²) in [5.41, 5.74) is 0.184. The van der Waals surface area contributed by atoms with Crippen LogP contribution in [0.15, 0.2) is 16.6 Å². The molecule has 1 rings (SSSR count). The van der Waals surface area contributed by atoms with Crippen molar-refractivity contribution in [1.29, 1.82) is 0 Å². The molecule has 0 spiro atoms. The highest BCUT2D eigenvalue weighted by Crippen LogP contribution is 2.32. The molecule has 15 heavy (non-hydrogen) atoms. The Bertz CT molecular complexity index is 374. The number of ketones is 1. The maximum atomic E-state index is 11.6. The summed E-state index contributed by atoms with van der Waals surface area (Å²) in [4.78, 5) is 11.6. The van der Waals surface area contributed by atoms with Crippen molar-refractivity contribution in [3.05, 3.63) is 22.2 Å². The van der Waals surface area contributed by atoms with Gasteiger partial charge in [0.15, 0.2) is 5.78 Å². The summed E-state index contributed by atoms with van der Waals surface area (Å²) in [5.74, 6) is -0.273. The fourth-order valence-corrected chi connectivity index (χ4v) is 1.58. The van der Waals surface area contributed by atoms with Crippen molar-refractivity contribution >= 4 is 21.7 Å². The second kappa shape index (κ2) is 5.16. The number of Topliss-reactive ketones (excluding diaryl/α,β-unsaturated/α-hetero) is 1. The van der Waals surface area contributed by atoms with E-state index in [1.54, 1.807) is 0 Å². The predicted molar refractivity (Wildman–Crippen MR) is 61.3 cm³/mol. The van der Waals surface area contributed by atoms with Gasteiger partial charge in [0.05, 0.1) is 10.0 Å². The number of hydrogen-bond acceptors (Lipinski definition) is 3. The SMILES string of the molecule is CCCCC(=O)c1cc(O)c(Br)cc1O. The summed E-state index contributed by atoms with van der Waals surface area (Å²) in [6, 6.07) is 2.62. The van der Waals surface area contributed by atoms with Crippen molar-refractivity contribution in [1.82, 2.24) is 0 Å². The molecule has 82 valence electrons. The van der Waals surface area contributed by atoms with Gasteiger partial charge < -0.3 is 10.2 Å². The third kappa shape index (κ3) is 2.96. The average molecular weight is 273 g/mol. The lowest BCUT2D eigenvalue weighted by atomic mass is 10.0. The van der Waals surface area contributed by atoms with Crippen molar-refractivity contribution in [2.75, 3.05) is 0 Å². The minimum absolute atomic E-state index is 0.0346. The Morgan fingerprint density at radius 3 is 2.60 bits per heavy atom. The Balaban J connectivity index is 2.94. The standard InChI is InChI=1S/C11H13BrO3/c1-2-3-4-9(13)7-5-11(15)8(12)6-10(7)14/h5-6,14-15H,2-4H2,1H3. The van der Waals surface area contributed by atoms with E-state index in [2.05, 4.69) is 15.9 Å². The molecule has 3 nitrogen and oxygen atoms in total. The van der Waals surface area contributed by atoms with Crippen LogP contribution in [0.3, 0.4) is 0 Å². The quantitative estimate of drug-likeness (QED) is 0.654. The number of phenols is 2. The summed E-state index contributed by atoms with van der Waals surface area (Å²) >= 11 is 3.06. The van der Waals surface area contributed by atoms with Gasteiger partial charge >= 0.3 is 0 Å². The molecular formula is C11H13BrO3. The number of hydrogen-bond donors (Lipinski definition) is 2. The Labute approximate surface area is 96.9 Å². The molecule has 1 aromatic carbocycles. The summed E-state index contributed by atoms with van der Waals surface area (Å²) in [5, 5.41) is 18.9. The van der Waals surface area contributed by atoms with Crippen molar-refractivity contribution in [2.24, 2.45) is 0 Å². The molecule has 0 unspecified atom stereocenters. The van der Waals surface area contributed by atoms with E-state index in [9.17, 15) is 15.0 Å². The molecule has 0 aliphatic heterocycles. The Morgan fingerprint density at radius 1 is 1.33 bits per heavy atom. The van der Waals surface area contributed by atoms with Gasteiger partial charge in [-0.3, -0.25) is 4.79 Å². The zero-order valence-electron chi connectivity index (χ0n) is 8.46. The van der Waals surface area contributed by atoms with Crippen LogP contribution in [0.2, 0.25) is 0 Å². The first-order chi connectivity index (χ1) is 7.06. The maximum Gasteiger partial charge on any atom is 0.166 e. The highest BCUT2D eigenvalue weighted by Gasteiger charge is 2.13. The summed E-state index contributed by atoms with van der Waals surface area (Å²) in [6.07, 6.45) is 2.11. The smallest absolute Gasteiger partial charge is 0.166 e. The van der Waals surface area contributed by atoms with E-state index in [1.165, 1.54) is 12.1 Å². The van der Waals surface area contributed by atoms with Crippen LogP contribution in [0.4, 0.5) is 0 Å². The van der Waals surface area contributed by atoms with Gasteiger partial charge in [0.2, 0.25) is 0 Å². The van der Waals surface area contributed by atoms with E-state index in [4.69, 9.17) is 0 Å². The number of rotatable bonds is 4. The summed E-state index contributed by atoms with van der Waals surface area (Å²) < 4.78 is 0.382. The Morgan fingerprint density at radius 2 is 2.00 bits per heavy atom. The van der Waals surface area contributed by atoms with Crippen molar-refractivity contribution in [2.45, 2.75) is 26.2 Å². The zero-order chi connectivity index (χ0) is 11.4. The number of halogens is 1. The van der Waals surface area contributed by atoms with Crippen LogP contribution in [-0.2, 0) is 0 Å². The van der Waals surface area contributed by atoms with Crippen LogP contribution in [-0.4, -0.2) is 16.0 Å². The summed E-state index contributed by atoms with van der Waals surface area (Å²) in [7, 11) is 0. The van der Waals surface area contributed by atoms with E-state index in [1.807, 2.05) is 6.92 Å². The molecule has 0 amide bonds. The second-order valence-corrected chi connectivity index (χ2v) is 4.20. The number of benzene rings is 1. The van der Waals surface area contributed by atoms with Crippen LogP contribution in [0.5, 0.6) is 11.5 Å². The largest absolute Gasteiger partial charge is 0.507 e. The molecule has 0 aliphatic carbocycles. The van der Waals surface area contributed by atoms with Crippen LogP contribution in [0.25, 0.3) is 0 Å². The van der Waals surface area contributed by atoms with Gasteiger partial charge in [-0.1, -0.05) is 13.3 Å². The zero-order valence-corrected chi connectivity index (χ0v) is 10.0. The van der Waals surface area contributed by atoms with Crippen molar-refractivity contribution in [3.63, 3.8) is 0 Å². The fourth-order valence-electron chi connectivity index (χ4n) is 1.25. The molecule has 0 atom stereocenters. The molecule has 0 saturated heterocycles. The third-order valence-electron chi connectivity index (χ3n) is 2.12. The first-order valence-electron chi connectivity index (χ1n) is 4.81. The lowest BCUT2D eigenvalue weighted by Crippen LogP contribution is -1.99. The van der Waals surface area contributed by atoms with Gasteiger partial charge in [-0.15, -0.1) is 0 Å². The van der Waals surface area contributed by atoms with E-state index in [-0.39, 0.29) is 22.8 Å². The molecule has 0 aromatic heterocycles. The molecule has 0 radical (unpaired) electrons. The molecular weight excluding hydrogens is 260 g/mol. The molecule has 0 heterocycles. The van der Waals surface area contributed by atoms with Crippen LogP contribution >= 0.6 is 15.9 Å². The first kappa shape index (κ1) is 12.0. The lowest BCUT2D eigenvalue weighted by molar-refractivity contribution is 0.0976. The average Bonchev–Trinajstić information content (AvgIpc) is 2.20. The normalized spacial score (nSPS) is 10.3. The van der Waals surface area contributed by atoms with Crippen molar-refractivity contribution in [3.8, 4) is 11.5 Å². The van der Waals surface area contributed by atoms with E-state index in [0.717, 1.165) is 12.8 Å². The van der Waals surface area contributed by atoms with Gasteiger partial charge in [0, 0.05) is 6.42 Å². The maximum absolute atomic E-state index is 11.6. The molecule has 0 aliphatic rings. The number of carbonyl (C=O) groups is 1. The van der Waals surface area contributed by atoms with Crippen molar-refractivity contribution < 1.29 is 15.0 Å². The van der Waals surface area contributed by atoms with Gasteiger partial charge in [-0.25, -0.2) is 0 Å². The van der Waals surface area contributed by atoms with Crippen LogP contribution in [0.1, 0.15) is 36.5 Å². The van der Waals surface area contributed by atoms with Gasteiger partial charge in [0.25, 0.3) is 0 Å². The third-order valence-corrected chi connectivity index (χ3v) is 2.76. The molecule has 0 bridgehead atoms. The first-order valence-corrected chi connectivity index (χ1v) is 5.60. The van der Waals surface area contributed by atoms with Gasteiger partial charge in [-0.05, 0) is 34.5 Å². The minimum Gasteiger partial charge on any atom is -0.507 e. The molecule has 1 aromatic rings. The highest BCUT2D eigenvalue weighted by molar-refractivity contribution is 9.10. The molecule has 2 N–H and O–H groups in total. The van der Waals surface area contributed by atoms with Crippen LogP contribution < -0.4 is 0 Å². The molecule has 0 fully saturated rings. The molecule has 4 heteroatoms. The number of carbonyl (C=O) groups excluding carboxylic acids is 1. The highest BCUT2D eigenvalue weighted by atomic mass is 79.9. The fraction of sp³-hybridized carbons (Fsp3) is 0.364. The Kier molecular flexibility index (Phi) is 4.15. The lowest BCUT2D eigenvalue weighted by Gasteiger charge is -2.05. The van der Waals surface area contributed by atoms with Crippen LogP contribution in [0, 0.1) is 0 Å². The number of aromatic hydroxyl groups is 2. The topological polar surface area (TPSA) is 57.5 Å². The van der Waals surface area contributed by atoms with E-state index >= 15 is 0 Å². The monoisotopic (exact) mass is 272 g/mol. The number of phenolic OH excluding ortho intramolecular Hbond substituents is 2.